The van der Waals surface area contributed by atoms with Crippen molar-refractivity contribution in [1.29, 1.82) is 0 Å². The quantitative estimate of drug-likeness (QED) is 0.285. The molecule has 0 spiro atoms. The average Bonchev–Trinajstić information content (AvgIpc) is 3.78. The number of rotatable bonds is 10. The minimum absolute atomic E-state index is 0.0148. The first kappa shape index (κ1) is 39.9. The van der Waals surface area contributed by atoms with Gasteiger partial charge in [0.05, 0.1) is 33.0 Å². The molecule has 1 amide bonds. The second-order valence-electron chi connectivity index (χ2n) is 14.7. The molecule has 2 N–H and O–H groups in total. The van der Waals surface area contributed by atoms with E-state index in [2.05, 4.69) is 49.8 Å². The summed E-state index contributed by atoms with van der Waals surface area (Å²) in [6.07, 6.45) is 6.87. The molecule has 298 valence electrons. The Hall–Kier alpha value is -3.28. The van der Waals surface area contributed by atoms with Crippen LogP contribution in [0.3, 0.4) is 0 Å². The molecule has 1 aromatic carbocycles. The largest absolute Gasteiger partial charge is 0.381 e. The van der Waals surface area contributed by atoms with Crippen molar-refractivity contribution in [3.05, 3.63) is 52.6 Å². The summed E-state index contributed by atoms with van der Waals surface area (Å²) in [6, 6.07) is 11.1. The van der Waals surface area contributed by atoms with Gasteiger partial charge < -0.3 is 34.6 Å². The SMILES string of the molecule is COCC(=O)N(C)CC1(c2ccccc2)CCN(c2nc3c(c(NC4CCOCC4)n2)S(=O)CC3)CC1.O=S1CCc2nc(Cl)nc(NC3CCOCC3)c21. The van der Waals surface area contributed by atoms with Crippen LogP contribution in [0.5, 0.6) is 0 Å². The molecule has 5 aliphatic heterocycles. The summed E-state index contributed by atoms with van der Waals surface area (Å²) in [5.74, 6) is 3.29. The van der Waals surface area contributed by atoms with Crippen LogP contribution in [0.25, 0.3) is 0 Å². The number of hydrogen-bond acceptors (Lipinski definition) is 13. The summed E-state index contributed by atoms with van der Waals surface area (Å²) in [5, 5.41) is 7.15. The summed E-state index contributed by atoms with van der Waals surface area (Å²) in [5.41, 5.74) is 2.82. The fraction of sp³-hybridized carbons (Fsp3) is 0.605. The van der Waals surface area contributed by atoms with Crippen LogP contribution in [-0.2, 0) is 58.9 Å². The Kier molecular flexibility index (Phi) is 13.3. The molecule has 7 heterocycles. The normalized spacial score (nSPS) is 22.3. The fourth-order valence-corrected chi connectivity index (χ4v) is 10.8. The Labute approximate surface area is 332 Å². The van der Waals surface area contributed by atoms with Gasteiger partial charge in [-0.1, -0.05) is 30.3 Å². The molecular weight excluding hydrogens is 764 g/mol. The van der Waals surface area contributed by atoms with Crippen LogP contribution >= 0.6 is 11.6 Å². The van der Waals surface area contributed by atoms with E-state index in [9.17, 15) is 13.2 Å². The second kappa shape index (κ2) is 18.3. The monoisotopic (exact) mass is 814 g/mol. The van der Waals surface area contributed by atoms with Crippen molar-refractivity contribution in [2.75, 3.05) is 93.9 Å². The van der Waals surface area contributed by atoms with E-state index in [1.54, 1.807) is 12.0 Å². The number of likely N-dealkylation sites (N-methyl/N-ethyl adjacent to an activating group) is 1. The van der Waals surface area contributed by atoms with Crippen molar-refractivity contribution in [2.45, 2.75) is 78.7 Å². The predicted octanol–water partition coefficient (Wildman–Crippen LogP) is 3.76. The Morgan fingerprint density at radius 2 is 1.42 bits per heavy atom. The molecule has 0 saturated carbocycles. The van der Waals surface area contributed by atoms with Gasteiger partial charge in [-0.05, 0) is 55.7 Å². The Bertz CT molecular complexity index is 1860. The standard InChI is InChI=1S/C27H37N5O4S.C11H14ClN3O2S/c1-31(23(33)18-35-2)19-27(20-6-4-3-5-7-20)11-13-32(14-12-27)26-29-22-10-17-37(34)24(22)25(30-26)28-21-8-15-36-16-9-21;12-11-14-8-3-6-18(16)9(8)10(15-11)13-7-1-4-17-5-2-7/h3-7,21H,8-19H2,1-2H3,(H,28,29,30);7H,1-6H2,(H,13,14,15). The molecule has 5 aliphatic rings. The molecule has 0 radical (unpaired) electrons. The van der Waals surface area contributed by atoms with Crippen LogP contribution in [0.4, 0.5) is 17.6 Å². The number of nitrogens with one attached hydrogen (secondary N) is 2. The minimum atomic E-state index is -1.06. The highest BCUT2D eigenvalue weighted by Crippen LogP contribution is 2.39. The van der Waals surface area contributed by atoms with Crippen LogP contribution in [0.2, 0.25) is 5.28 Å². The first-order chi connectivity index (χ1) is 26.7. The maximum atomic E-state index is 12.8. The zero-order valence-corrected chi connectivity index (χ0v) is 34.0. The van der Waals surface area contributed by atoms with Gasteiger partial charge in [0.25, 0.3) is 0 Å². The molecule has 14 nitrogen and oxygen atoms in total. The van der Waals surface area contributed by atoms with Gasteiger partial charge in [0.1, 0.15) is 28.0 Å². The van der Waals surface area contributed by atoms with E-state index in [0.717, 1.165) is 105 Å². The van der Waals surface area contributed by atoms with Gasteiger partial charge in [0, 0.05) is 102 Å². The molecule has 0 aliphatic carbocycles. The molecule has 8 rings (SSSR count). The molecule has 2 atom stereocenters. The summed E-state index contributed by atoms with van der Waals surface area (Å²) < 4.78 is 40.6. The number of carbonyl (C=O) groups is 1. The molecule has 2 unspecified atom stereocenters. The van der Waals surface area contributed by atoms with Crippen molar-refractivity contribution >= 4 is 56.7 Å². The summed E-state index contributed by atoms with van der Waals surface area (Å²) in [4.78, 5) is 36.3. The van der Waals surface area contributed by atoms with E-state index < -0.39 is 21.6 Å². The van der Waals surface area contributed by atoms with Gasteiger partial charge >= 0.3 is 0 Å². The van der Waals surface area contributed by atoms with Gasteiger partial charge in [-0.3, -0.25) is 13.2 Å². The lowest BCUT2D eigenvalue weighted by atomic mass is 9.72. The van der Waals surface area contributed by atoms with E-state index in [4.69, 9.17) is 35.8 Å². The zero-order valence-electron chi connectivity index (χ0n) is 31.6. The molecule has 2 aromatic heterocycles. The molecule has 3 fully saturated rings. The molecule has 55 heavy (non-hydrogen) atoms. The summed E-state index contributed by atoms with van der Waals surface area (Å²) in [7, 11) is 1.35. The third-order valence-electron chi connectivity index (χ3n) is 11.1. The molecule has 3 aromatic rings. The van der Waals surface area contributed by atoms with Crippen LogP contribution in [0.1, 0.15) is 55.5 Å². The van der Waals surface area contributed by atoms with Crippen LogP contribution in [0, 0.1) is 0 Å². The van der Waals surface area contributed by atoms with Gasteiger partial charge in [0.15, 0.2) is 0 Å². The first-order valence-electron chi connectivity index (χ1n) is 19.2. The highest BCUT2D eigenvalue weighted by atomic mass is 35.5. The second-order valence-corrected chi connectivity index (χ2v) is 18.1. The summed E-state index contributed by atoms with van der Waals surface area (Å²) in [6.45, 7) is 5.24. The number of hydrogen-bond donors (Lipinski definition) is 2. The van der Waals surface area contributed by atoms with E-state index in [1.165, 1.54) is 5.56 Å². The molecule has 0 bridgehead atoms. The van der Waals surface area contributed by atoms with Crippen LogP contribution < -0.4 is 15.5 Å². The third-order valence-corrected chi connectivity index (χ3v) is 14.2. The lowest BCUT2D eigenvalue weighted by molar-refractivity contribution is -0.134. The maximum Gasteiger partial charge on any atom is 0.248 e. The van der Waals surface area contributed by atoms with Crippen molar-refractivity contribution < 1.29 is 27.4 Å². The van der Waals surface area contributed by atoms with E-state index >= 15 is 0 Å². The van der Waals surface area contributed by atoms with Crippen molar-refractivity contribution in [3.63, 3.8) is 0 Å². The third kappa shape index (κ3) is 9.48. The lowest BCUT2D eigenvalue weighted by Crippen LogP contribution is -2.50. The number of piperidine rings is 1. The Morgan fingerprint density at radius 1 is 0.873 bits per heavy atom. The number of ether oxygens (including phenoxy) is 3. The number of benzene rings is 1. The van der Waals surface area contributed by atoms with E-state index in [0.29, 0.717) is 48.7 Å². The van der Waals surface area contributed by atoms with Crippen LogP contribution in [-0.4, -0.2) is 130 Å². The Balaban J connectivity index is 0.000000215. The van der Waals surface area contributed by atoms with Crippen LogP contribution in [0.15, 0.2) is 40.1 Å². The minimum Gasteiger partial charge on any atom is -0.381 e. The Morgan fingerprint density at radius 3 is 1.98 bits per heavy atom. The number of fused-ring (bicyclic) bond motifs is 2. The van der Waals surface area contributed by atoms with Gasteiger partial charge in [-0.2, -0.15) is 9.97 Å². The van der Waals surface area contributed by atoms with Gasteiger partial charge in [-0.15, -0.1) is 0 Å². The predicted molar refractivity (Wildman–Crippen MR) is 213 cm³/mol. The van der Waals surface area contributed by atoms with Crippen molar-refractivity contribution in [3.8, 4) is 0 Å². The number of anilines is 3. The number of carbonyl (C=O) groups excluding carboxylic acids is 1. The highest BCUT2D eigenvalue weighted by Gasteiger charge is 2.39. The van der Waals surface area contributed by atoms with E-state index in [-0.39, 0.29) is 29.3 Å². The smallest absolute Gasteiger partial charge is 0.248 e. The zero-order chi connectivity index (χ0) is 38.4. The fourth-order valence-electron chi connectivity index (χ4n) is 8.00. The van der Waals surface area contributed by atoms with E-state index in [1.807, 2.05) is 13.1 Å². The lowest BCUT2D eigenvalue weighted by Gasteiger charge is -2.44. The van der Waals surface area contributed by atoms with Crippen molar-refractivity contribution in [2.24, 2.45) is 0 Å². The average molecular weight is 815 g/mol. The molecule has 3 saturated heterocycles. The van der Waals surface area contributed by atoms with Crippen molar-refractivity contribution in [1.82, 2.24) is 24.8 Å². The maximum absolute atomic E-state index is 12.8. The number of aryl methyl sites for hydroxylation is 2. The molecular formula is C38H51ClN8O6S2. The van der Waals surface area contributed by atoms with Gasteiger partial charge in [0.2, 0.25) is 17.1 Å². The number of amides is 1. The highest BCUT2D eigenvalue weighted by molar-refractivity contribution is 7.85. The first-order valence-corrected chi connectivity index (χ1v) is 22.2. The number of methoxy groups -OCH3 is 1. The number of nitrogens with zero attached hydrogens (tertiary/aromatic N) is 6. The van der Waals surface area contributed by atoms with Gasteiger partial charge in [-0.25, -0.2) is 9.97 Å². The number of halogens is 1. The topological polar surface area (TPSA) is 161 Å². The summed E-state index contributed by atoms with van der Waals surface area (Å²) >= 11 is 5.91. The number of aromatic nitrogens is 4. The molecule has 17 heteroatoms.